The number of nitrogens with one attached hydrogen (secondary N) is 2. The lowest BCUT2D eigenvalue weighted by molar-refractivity contribution is -0.274. The van der Waals surface area contributed by atoms with Crippen molar-refractivity contribution in [3.05, 3.63) is 58.6 Å². The third-order valence-corrected chi connectivity index (χ3v) is 7.84. The molecule has 12 heteroatoms. The van der Waals surface area contributed by atoms with E-state index in [4.69, 9.17) is 0 Å². The van der Waals surface area contributed by atoms with Gasteiger partial charge in [-0.15, -0.1) is 13.2 Å². The van der Waals surface area contributed by atoms with Gasteiger partial charge in [0, 0.05) is 29.0 Å². The first-order chi connectivity index (χ1) is 19.6. The third kappa shape index (κ3) is 9.46. The van der Waals surface area contributed by atoms with Crippen molar-refractivity contribution in [1.82, 2.24) is 15.1 Å². The van der Waals surface area contributed by atoms with E-state index < -0.39 is 23.9 Å². The molecule has 2 heterocycles. The number of hydrogen-bond donors (Lipinski definition) is 2. The fraction of sp³-hybridized carbons (Fsp3) is 0.483. The maximum absolute atomic E-state index is 13.4. The average Bonchev–Trinajstić information content (AvgIpc) is 3.22. The summed E-state index contributed by atoms with van der Waals surface area (Å²) >= 11 is 3.42. The van der Waals surface area contributed by atoms with E-state index in [0.717, 1.165) is 48.2 Å². The second-order valence-electron chi connectivity index (χ2n) is 10.4. The highest BCUT2D eigenvalue weighted by atomic mass is 79.9. The standard InChI is InChI=1S/C29H34BrF3N4O4/c30-22-7-5-20(6-8-22)25-17-21(18-26(38)35-23-9-11-24(12-10-23)41-29(31,32)33)28(40)37(25)19-27(39)34-13-4-16-36-14-2-1-3-15-36/h5-12,21,25H,1-4,13-19H2,(H,34,39)(H,35,38)/t21-,25-/m1/s1. The second-order valence-corrected chi connectivity index (χ2v) is 11.3. The van der Waals surface area contributed by atoms with Gasteiger partial charge in [-0.2, -0.15) is 0 Å². The molecule has 0 spiro atoms. The van der Waals surface area contributed by atoms with Crippen LogP contribution in [0.4, 0.5) is 18.9 Å². The molecule has 2 atom stereocenters. The summed E-state index contributed by atoms with van der Waals surface area (Å²) in [4.78, 5) is 43.0. The highest BCUT2D eigenvalue weighted by molar-refractivity contribution is 9.10. The molecule has 0 radical (unpaired) electrons. The number of likely N-dealkylation sites (tertiary alicyclic amines) is 2. The van der Waals surface area contributed by atoms with E-state index in [1.165, 1.54) is 36.3 Å². The molecule has 2 fully saturated rings. The molecule has 0 aliphatic carbocycles. The second kappa shape index (κ2) is 14.2. The van der Waals surface area contributed by atoms with E-state index in [9.17, 15) is 27.6 Å². The smallest absolute Gasteiger partial charge is 0.406 e. The number of benzene rings is 2. The van der Waals surface area contributed by atoms with Crippen LogP contribution in [-0.2, 0) is 14.4 Å². The molecule has 8 nitrogen and oxygen atoms in total. The summed E-state index contributed by atoms with van der Waals surface area (Å²) < 4.78 is 41.9. The summed E-state index contributed by atoms with van der Waals surface area (Å²) in [6.45, 7) is 3.54. The van der Waals surface area contributed by atoms with E-state index in [2.05, 4.69) is 36.2 Å². The largest absolute Gasteiger partial charge is 0.573 e. The lowest BCUT2D eigenvalue weighted by Crippen LogP contribution is -2.41. The third-order valence-electron chi connectivity index (χ3n) is 7.31. The average molecular weight is 640 g/mol. The molecule has 0 aromatic heterocycles. The van der Waals surface area contributed by atoms with Crippen molar-refractivity contribution in [1.29, 1.82) is 0 Å². The minimum Gasteiger partial charge on any atom is -0.406 e. The van der Waals surface area contributed by atoms with E-state index in [1.54, 1.807) is 0 Å². The Morgan fingerprint density at radius 3 is 2.32 bits per heavy atom. The van der Waals surface area contributed by atoms with E-state index in [1.807, 2.05) is 24.3 Å². The van der Waals surface area contributed by atoms with Crippen LogP contribution < -0.4 is 15.4 Å². The molecule has 41 heavy (non-hydrogen) atoms. The van der Waals surface area contributed by atoms with Gasteiger partial charge in [-0.1, -0.05) is 34.5 Å². The maximum Gasteiger partial charge on any atom is 0.573 e. The quantitative estimate of drug-likeness (QED) is 0.328. The molecule has 0 bridgehead atoms. The van der Waals surface area contributed by atoms with Gasteiger partial charge in [0.15, 0.2) is 0 Å². The number of carbonyl (C=O) groups is 3. The van der Waals surface area contributed by atoms with Crippen LogP contribution in [0.5, 0.6) is 5.75 Å². The number of alkyl halides is 3. The zero-order valence-electron chi connectivity index (χ0n) is 22.6. The van der Waals surface area contributed by atoms with Gasteiger partial charge in [0.25, 0.3) is 0 Å². The summed E-state index contributed by atoms with van der Waals surface area (Å²) in [6, 6.07) is 11.9. The van der Waals surface area contributed by atoms with Crippen molar-refractivity contribution in [3.8, 4) is 5.75 Å². The van der Waals surface area contributed by atoms with Gasteiger partial charge in [0.05, 0.1) is 6.04 Å². The number of anilines is 1. The van der Waals surface area contributed by atoms with Crippen LogP contribution in [0.15, 0.2) is 53.0 Å². The van der Waals surface area contributed by atoms with Crippen molar-refractivity contribution in [3.63, 3.8) is 0 Å². The number of hydrogen-bond acceptors (Lipinski definition) is 5. The molecule has 4 rings (SSSR count). The first-order valence-electron chi connectivity index (χ1n) is 13.8. The van der Waals surface area contributed by atoms with Crippen LogP contribution >= 0.6 is 15.9 Å². The Labute approximate surface area is 245 Å². The van der Waals surface area contributed by atoms with Crippen LogP contribution in [0.2, 0.25) is 0 Å². The van der Waals surface area contributed by atoms with Crippen LogP contribution in [0, 0.1) is 5.92 Å². The summed E-state index contributed by atoms with van der Waals surface area (Å²) in [6.07, 6.45) is -0.0500. The highest BCUT2D eigenvalue weighted by Crippen LogP contribution is 2.38. The van der Waals surface area contributed by atoms with Crippen LogP contribution in [0.1, 0.15) is 50.1 Å². The van der Waals surface area contributed by atoms with Crippen LogP contribution in [0.3, 0.4) is 0 Å². The number of ether oxygens (including phenoxy) is 1. The number of piperidine rings is 1. The first kappa shape index (κ1) is 30.8. The van der Waals surface area contributed by atoms with Crippen molar-refractivity contribution in [2.45, 2.75) is 50.9 Å². The van der Waals surface area contributed by atoms with E-state index in [-0.39, 0.29) is 36.5 Å². The molecule has 2 aromatic carbocycles. The van der Waals surface area contributed by atoms with Gasteiger partial charge >= 0.3 is 6.36 Å². The van der Waals surface area contributed by atoms with Crippen molar-refractivity contribution in [2.24, 2.45) is 5.92 Å². The Balaban J connectivity index is 1.34. The topological polar surface area (TPSA) is 91.0 Å². The Bertz CT molecular complexity index is 1190. The summed E-state index contributed by atoms with van der Waals surface area (Å²) in [5.41, 5.74) is 1.14. The van der Waals surface area contributed by atoms with E-state index in [0.29, 0.717) is 13.0 Å². The molecule has 2 N–H and O–H groups in total. The van der Waals surface area contributed by atoms with Crippen LogP contribution in [0.25, 0.3) is 0 Å². The number of halogens is 4. The Morgan fingerprint density at radius 1 is 0.976 bits per heavy atom. The molecule has 0 unspecified atom stereocenters. The molecule has 2 aliphatic heterocycles. The van der Waals surface area contributed by atoms with Crippen molar-refractivity contribution in [2.75, 3.05) is 38.0 Å². The molecular formula is C29H34BrF3N4O4. The number of carbonyl (C=O) groups excluding carboxylic acids is 3. The van der Waals surface area contributed by atoms with Crippen molar-refractivity contribution < 1.29 is 32.3 Å². The van der Waals surface area contributed by atoms with Crippen molar-refractivity contribution >= 4 is 39.3 Å². The zero-order chi connectivity index (χ0) is 29.4. The normalized spacial score (nSPS) is 19.7. The summed E-state index contributed by atoms with van der Waals surface area (Å²) in [5.74, 6) is -2.04. The fourth-order valence-electron chi connectivity index (χ4n) is 5.35. The predicted octanol–water partition coefficient (Wildman–Crippen LogP) is 5.26. The van der Waals surface area contributed by atoms with Gasteiger partial charge in [-0.3, -0.25) is 14.4 Å². The lowest BCUT2D eigenvalue weighted by Gasteiger charge is -2.26. The minimum atomic E-state index is -4.81. The fourth-order valence-corrected chi connectivity index (χ4v) is 5.61. The number of nitrogens with zero attached hydrogens (tertiary/aromatic N) is 2. The molecule has 222 valence electrons. The molecule has 0 saturated carbocycles. The summed E-state index contributed by atoms with van der Waals surface area (Å²) in [7, 11) is 0. The van der Waals surface area contributed by atoms with Gasteiger partial charge < -0.3 is 25.2 Å². The summed E-state index contributed by atoms with van der Waals surface area (Å²) in [5, 5.41) is 5.55. The Hall–Kier alpha value is -3.12. The Kier molecular flexibility index (Phi) is 10.7. The minimum absolute atomic E-state index is 0.109. The molecule has 3 amide bonds. The predicted molar refractivity (Wildman–Crippen MR) is 151 cm³/mol. The number of rotatable bonds is 11. The molecule has 2 saturated heterocycles. The lowest BCUT2D eigenvalue weighted by atomic mass is 9.97. The van der Waals surface area contributed by atoms with Gasteiger partial charge in [-0.05, 0) is 87.3 Å². The molecular weight excluding hydrogens is 605 g/mol. The monoisotopic (exact) mass is 638 g/mol. The zero-order valence-corrected chi connectivity index (χ0v) is 24.2. The first-order valence-corrected chi connectivity index (χ1v) is 14.6. The maximum atomic E-state index is 13.4. The van der Waals surface area contributed by atoms with Gasteiger partial charge in [0.1, 0.15) is 12.3 Å². The SMILES string of the molecule is O=C(CN1C(=O)[C@@H](CC(=O)Nc2ccc(OC(F)(F)F)cc2)C[C@@H]1c1ccc(Br)cc1)NCCCN1CCCCC1. The highest BCUT2D eigenvalue weighted by Gasteiger charge is 2.41. The van der Waals surface area contributed by atoms with Gasteiger partial charge in [-0.25, -0.2) is 0 Å². The number of amides is 3. The van der Waals surface area contributed by atoms with Gasteiger partial charge in [0.2, 0.25) is 17.7 Å². The molecule has 2 aromatic rings. The van der Waals surface area contributed by atoms with E-state index >= 15 is 0 Å². The molecule has 2 aliphatic rings. The van der Waals surface area contributed by atoms with Crippen LogP contribution in [-0.4, -0.2) is 66.6 Å². The Morgan fingerprint density at radius 2 is 1.66 bits per heavy atom.